The minimum atomic E-state index is -4.86. The molecule has 0 saturated heterocycles. The standard InChI is InChI=1S/C10H13F3N4O3/c1-4(18)15-3-6(19)7(20)5-2-16-9(14)17-8(5)10(11,12)13/h2,6-7,19-20H,3H2,1H3,(H,15,18)(H2,14,16,17). The quantitative estimate of drug-likeness (QED) is 0.600. The lowest BCUT2D eigenvalue weighted by Gasteiger charge is -2.21. The fourth-order valence-electron chi connectivity index (χ4n) is 1.42. The number of aromatic nitrogens is 2. The zero-order chi connectivity index (χ0) is 15.5. The van der Waals surface area contributed by atoms with Crippen LogP contribution in [0.15, 0.2) is 6.20 Å². The Morgan fingerprint density at radius 1 is 1.50 bits per heavy atom. The van der Waals surface area contributed by atoms with E-state index >= 15 is 0 Å². The summed E-state index contributed by atoms with van der Waals surface area (Å²) in [7, 11) is 0. The minimum absolute atomic E-state index is 0.418. The van der Waals surface area contributed by atoms with Crippen molar-refractivity contribution in [1.82, 2.24) is 15.3 Å². The molecule has 0 radical (unpaired) electrons. The number of hydrogen-bond donors (Lipinski definition) is 4. The van der Waals surface area contributed by atoms with Crippen molar-refractivity contribution in [3.05, 3.63) is 17.5 Å². The number of aliphatic hydroxyl groups is 2. The molecule has 1 amide bonds. The second kappa shape index (κ2) is 6.01. The molecule has 0 fully saturated rings. The molecule has 1 heterocycles. The summed E-state index contributed by atoms with van der Waals surface area (Å²) < 4.78 is 38.3. The van der Waals surface area contributed by atoms with Gasteiger partial charge in [0.25, 0.3) is 0 Å². The Morgan fingerprint density at radius 3 is 2.60 bits per heavy atom. The zero-order valence-electron chi connectivity index (χ0n) is 10.3. The van der Waals surface area contributed by atoms with E-state index < -0.39 is 48.0 Å². The smallest absolute Gasteiger partial charge is 0.388 e. The van der Waals surface area contributed by atoms with Crippen LogP contribution in [0.5, 0.6) is 0 Å². The highest BCUT2D eigenvalue weighted by molar-refractivity contribution is 5.72. The average Bonchev–Trinajstić information content (AvgIpc) is 2.33. The Kier molecular flexibility index (Phi) is 4.84. The second-order valence-corrected chi connectivity index (χ2v) is 3.98. The fourth-order valence-corrected chi connectivity index (χ4v) is 1.42. The number of nitrogens with one attached hydrogen (secondary N) is 1. The number of hydrogen-bond acceptors (Lipinski definition) is 6. The molecule has 2 unspecified atom stereocenters. The van der Waals surface area contributed by atoms with E-state index in [1.165, 1.54) is 0 Å². The first-order chi connectivity index (χ1) is 9.12. The molecule has 112 valence electrons. The van der Waals surface area contributed by atoms with Gasteiger partial charge in [-0.3, -0.25) is 4.79 Å². The van der Waals surface area contributed by atoms with Crippen molar-refractivity contribution in [3.63, 3.8) is 0 Å². The maximum atomic E-state index is 12.8. The van der Waals surface area contributed by atoms with Gasteiger partial charge in [0.05, 0.1) is 0 Å². The highest BCUT2D eigenvalue weighted by atomic mass is 19.4. The average molecular weight is 294 g/mol. The highest BCUT2D eigenvalue weighted by Gasteiger charge is 2.39. The molecular weight excluding hydrogens is 281 g/mol. The van der Waals surface area contributed by atoms with E-state index in [0.717, 1.165) is 6.92 Å². The number of alkyl halides is 3. The third-order valence-electron chi connectivity index (χ3n) is 2.35. The molecule has 0 bridgehead atoms. The molecule has 10 heteroatoms. The molecule has 0 aliphatic heterocycles. The van der Waals surface area contributed by atoms with Crippen molar-refractivity contribution >= 4 is 11.9 Å². The monoisotopic (exact) mass is 294 g/mol. The van der Waals surface area contributed by atoms with E-state index in [2.05, 4.69) is 15.3 Å². The number of halogens is 3. The van der Waals surface area contributed by atoms with E-state index in [-0.39, 0.29) is 0 Å². The first-order valence-electron chi connectivity index (χ1n) is 5.43. The summed E-state index contributed by atoms with van der Waals surface area (Å²) in [4.78, 5) is 17.0. The van der Waals surface area contributed by atoms with Crippen LogP contribution in [0.2, 0.25) is 0 Å². The van der Waals surface area contributed by atoms with Gasteiger partial charge in [0.2, 0.25) is 11.9 Å². The van der Waals surface area contributed by atoms with Gasteiger partial charge in [-0.2, -0.15) is 13.2 Å². The summed E-state index contributed by atoms with van der Waals surface area (Å²) >= 11 is 0. The molecule has 1 aromatic rings. The van der Waals surface area contributed by atoms with Gasteiger partial charge >= 0.3 is 6.18 Å². The molecular formula is C10H13F3N4O3. The Balaban J connectivity index is 3.03. The molecule has 0 aliphatic carbocycles. The van der Waals surface area contributed by atoms with Gasteiger partial charge in [0, 0.05) is 25.2 Å². The highest BCUT2D eigenvalue weighted by Crippen LogP contribution is 2.33. The summed E-state index contributed by atoms with van der Waals surface area (Å²) in [5, 5.41) is 21.4. The maximum absolute atomic E-state index is 12.8. The summed E-state index contributed by atoms with van der Waals surface area (Å²) in [6, 6.07) is 0. The lowest BCUT2D eigenvalue weighted by Crippen LogP contribution is -2.35. The van der Waals surface area contributed by atoms with Crippen LogP contribution in [0.1, 0.15) is 24.3 Å². The largest absolute Gasteiger partial charge is 0.433 e. The first kappa shape index (κ1) is 16.1. The minimum Gasteiger partial charge on any atom is -0.388 e. The number of rotatable bonds is 4. The normalized spacial score (nSPS) is 14.7. The van der Waals surface area contributed by atoms with E-state index in [4.69, 9.17) is 5.73 Å². The molecule has 0 saturated carbocycles. The van der Waals surface area contributed by atoms with Gasteiger partial charge in [-0.1, -0.05) is 0 Å². The van der Waals surface area contributed by atoms with Crippen molar-refractivity contribution in [3.8, 4) is 0 Å². The third-order valence-corrected chi connectivity index (χ3v) is 2.35. The molecule has 1 rings (SSSR count). The predicted molar refractivity (Wildman–Crippen MR) is 61.1 cm³/mol. The van der Waals surface area contributed by atoms with Crippen molar-refractivity contribution in [1.29, 1.82) is 0 Å². The number of nitrogens with zero attached hydrogens (tertiary/aromatic N) is 2. The summed E-state index contributed by atoms with van der Waals surface area (Å²) in [5.41, 5.74) is 2.93. The second-order valence-electron chi connectivity index (χ2n) is 3.98. The molecule has 5 N–H and O–H groups in total. The summed E-state index contributed by atoms with van der Waals surface area (Å²) in [5.74, 6) is -1.11. The summed E-state index contributed by atoms with van der Waals surface area (Å²) in [6.07, 6.45) is -7.74. The molecule has 2 atom stereocenters. The van der Waals surface area contributed by atoms with E-state index in [0.29, 0.717) is 6.20 Å². The number of nitrogens with two attached hydrogens (primary N) is 1. The van der Waals surface area contributed by atoms with Crippen molar-refractivity contribution in [2.24, 2.45) is 0 Å². The number of anilines is 1. The van der Waals surface area contributed by atoms with Crippen molar-refractivity contribution < 1.29 is 28.2 Å². The van der Waals surface area contributed by atoms with Gasteiger partial charge in [0.1, 0.15) is 12.2 Å². The van der Waals surface area contributed by atoms with Gasteiger partial charge in [-0.25, -0.2) is 9.97 Å². The van der Waals surface area contributed by atoms with Gasteiger partial charge in [0.15, 0.2) is 5.69 Å². The van der Waals surface area contributed by atoms with Crippen LogP contribution in [-0.2, 0) is 11.0 Å². The van der Waals surface area contributed by atoms with Crippen LogP contribution < -0.4 is 11.1 Å². The Labute approximate surface area is 111 Å². The van der Waals surface area contributed by atoms with Crippen molar-refractivity contribution in [2.45, 2.75) is 25.3 Å². The van der Waals surface area contributed by atoms with Crippen LogP contribution in [0.25, 0.3) is 0 Å². The van der Waals surface area contributed by atoms with E-state index in [9.17, 15) is 28.2 Å². The number of nitrogen functional groups attached to an aromatic ring is 1. The van der Waals surface area contributed by atoms with Crippen LogP contribution in [-0.4, -0.2) is 38.7 Å². The Hall–Kier alpha value is -1.94. The SMILES string of the molecule is CC(=O)NCC(O)C(O)c1cnc(N)nc1C(F)(F)F. The Morgan fingerprint density at radius 2 is 2.10 bits per heavy atom. The van der Waals surface area contributed by atoms with Gasteiger partial charge < -0.3 is 21.3 Å². The fraction of sp³-hybridized carbons (Fsp3) is 0.500. The molecule has 0 aliphatic rings. The maximum Gasteiger partial charge on any atom is 0.433 e. The first-order valence-corrected chi connectivity index (χ1v) is 5.43. The number of aliphatic hydroxyl groups excluding tert-OH is 2. The van der Waals surface area contributed by atoms with Crippen LogP contribution in [0.4, 0.5) is 19.1 Å². The molecule has 7 nitrogen and oxygen atoms in total. The number of carbonyl (C=O) groups excluding carboxylic acids is 1. The summed E-state index contributed by atoms with van der Waals surface area (Å²) in [6.45, 7) is 0.741. The number of amides is 1. The van der Waals surface area contributed by atoms with E-state index in [1.54, 1.807) is 0 Å². The predicted octanol–water partition coefficient (Wildman–Crippen LogP) is -0.392. The number of carbonyl (C=O) groups is 1. The molecule has 0 aromatic carbocycles. The Bertz CT molecular complexity index is 495. The zero-order valence-corrected chi connectivity index (χ0v) is 10.3. The lowest BCUT2D eigenvalue weighted by molar-refractivity contribution is -0.143. The van der Waals surface area contributed by atoms with Crippen LogP contribution >= 0.6 is 0 Å². The van der Waals surface area contributed by atoms with Crippen LogP contribution in [0, 0.1) is 0 Å². The molecule has 0 spiro atoms. The van der Waals surface area contributed by atoms with E-state index in [1.807, 2.05) is 0 Å². The molecule has 20 heavy (non-hydrogen) atoms. The topological polar surface area (TPSA) is 121 Å². The van der Waals surface area contributed by atoms with Crippen LogP contribution in [0.3, 0.4) is 0 Å². The van der Waals surface area contributed by atoms with Gasteiger partial charge in [-0.15, -0.1) is 0 Å². The van der Waals surface area contributed by atoms with Crippen molar-refractivity contribution in [2.75, 3.05) is 12.3 Å². The lowest BCUT2D eigenvalue weighted by atomic mass is 10.0. The third kappa shape index (κ3) is 4.03. The molecule has 1 aromatic heterocycles. The van der Waals surface area contributed by atoms with Gasteiger partial charge in [-0.05, 0) is 0 Å².